The van der Waals surface area contributed by atoms with E-state index in [0.29, 0.717) is 5.56 Å². The van der Waals surface area contributed by atoms with E-state index in [1.807, 2.05) is 0 Å². The van der Waals surface area contributed by atoms with Gasteiger partial charge < -0.3 is 14.8 Å². The fourth-order valence-electron chi connectivity index (χ4n) is 2.46. The number of rotatable bonds is 6. The van der Waals surface area contributed by atoms with E-state index in [1.165, 1.54) is 42.5 Å². The van der Waals surface area contributed by atoms with E-state index >= 15 is 0 Å². The van der Waals surface area contributed by atoms with Crippen molar-refractivity contribution in [1.82, 2.24) is 5.32 Å². The molecule has 2 aromatic carbocycles. The van der Waals surface area contributed by atoms with E-state index in [2.05, 4.69) is 10.1 Å². The minimum atomic E-state index is -4.48. The van der Waals surface area contributed by atoms with E-state index in [0.717, 1.165) is 0 Å². The average Bonchev–Trinajstić information content (AvgIpc) is 2.65. The summed E-state index contributed by atoms with van der Waals surface area (Å²) in [6, 6.07) is 8.33. The number of carbonyl (C=O) groups excluding carboxylic acids is 2. The Morgan fingerprint density at radius 3 is 2.13 bits per heavy atom. The van der Waals surface area contributed by atoms with Crippen molar-refractivity contribution in [1.29, 1.82) is 0 Å². The Bertz CT molecular complexity index is 941. The van der Waals surface area contributed by atoms with Crippen LogP contribution >= 0.6 is 23.2 Å². The first-order valence-corrected chi connectivity index (χ1v) is 9.79. The van der Waals surface area contributed by atoms with Gasteiger partial charge >= 0.3 is 12.3 Å². The number of Topliss-reactive ketones (excluding diaryl/α,β-unsaturated/α-hetero) is 1. The normalized spacial score (nSPS) is 12.8. The summed E-state index contributed by atoms with van der Waals surface area (Å²) >= 11 is 12.0. The van der Waals surface area contributed by atoms with Crippen LogP contribution in [0.2, 0.25) is 10.0 Å². The zero-order valence-corrected chi connectivity index (χ0v) is 18.4. The summed E-state index contributed by atoms with van der Waals surface area (Å²) in [7, 11) is 0. The fraction of sp³-hybridized carbons (Fsp3) is 0.333. The molecule has 0 heterocycles. The molecule has 0 aliphatic heterocycles. The smallest absolute Gasteiger partial charge is 0.422 e. The number of nitrogens with one attached hydrogen (secondary N) is 1. The number of benzene rings is 2. The summed E-state index contributed by atoms with van der Waals surface area (Å²) in [4.78, 5) is 25.4. The average molecular weight is 478 g/mol. The zero-order valence-electron chi connectivity index (χ0n) is 16.8. The van der Waals surface area contributed by atoms with E-state index < -0.39 is 36.3 Å². The molecule has 2 rings (SSSR count). The van der Waals surface area contributed by atoms with Gasteiger partial charge in [0.25, 0.3) is 0 Å². The molecule has 1 atom stereocenters. The maximum atomic E-state index is 13.1. The SMILES string of the molecule is CC(C)(C)OC(=O)NC(C(=O)c1ccc(OCC(F)(F)F)cc1)c1ccc(Cl)c(Cl)c1. The maximum absolute atomic E-state index is 13.1. The topological polar surface area (TPSA) is 64.6 Å². The van der Waals surface area contributed by atoms with Crippen LogP contribution in [0.15, 0.2) is 42.5 Å². The number of ketones is 1. The van der Waals surface area contributed by atoms with Crippen molar-refractivity contribution in [2.24, 2.45) is 0 Å². The minimum absolute atomic E-state index is 0.0555. The number of halogens is 5. The lowest BCUT2D eigenvalue weighted by atomic mass is 9.97. The van der Waals surface area contributed by atoms with Gasteiger partial charge in [0, 0.05) is 5.56 Å². The van der Waals surface area contributed by atoms with Crippen molar-refractivity contribution in [3.05, 3.63) is 63.6 Å². The van der Waals surface area contributed by atoms with Gasteiger partial charge in [-0.1, -0.05) is 29.3 Å². The number of amides is 1. The number of alkyl halides is 3. The first-order chi connectivity index (χ1) is 14.2. The van der Waals surface area contributed by atoms with Gasteiger partial charge in [-0.05, 0) is 62.7 Å². The molecule has 168 valence electrons. The third kappa shape index (κ3) is 7.95. The van der Waals surface area contributed by atoms with Crippen molar-refractivity contribution in [3.8, 4) is 5.75 Å². The molecule has 0 spiro atoms. The molecule has 0 bridgehead atoms. The van der Waals surface area contributed by atoms with Crippen LogP contribution in [0.3, 0.4) is 0 Å². The van der Waals surface area contributed by atoms with Gasteiger partial charge in [-0.25, -0.2) is 4.79 Å². The second-order valence-corrected chi connectivity index (χ2v) is 8.36. The maximum Gasteiger partial charge on any atom is 0.422 e. The van der Waals surface area contributed by atoms with E-state index in [4.69, 9.17) is 27.9 Å². The van der Waals surface area contributed by atoms with Crippen LogP contribution in [0.1, 0.15) is 42.7 Å². The van der Waals surface area contributed by atoms with Crippen LogP contribution in [-0.2, 0) is 4.74 Å². The predicted octanol–water partition coefficient (Wildman–Crippen LogP) is 6.38. The predicted molar refractivity (Wildman–Crippen MR) is 111 cm³/mol. The third-order valence-electron chi connectivity index (χ3n) is 3.74. The van der Waals surface area contributed by atoms with Crippen LogP contribution in [0.5, 0.6) is 5.75 Å². The molecular weight excluding hydrogens is 458 g/mol. The van der Waals surface area contributed by atoms with Crippen LogP contribution in [0, 0.1) is 0 Å². The Hall–Kier alpha value is -2.45. The van der Waals surface area contributed by atoms with E-state index in [9.17, 15) is 22.8 Å². The van der Waals surface area contributed by atoms with Crippen LogP contribution in [-0.4, -0.2) is 30.3 Å². The van der Waals surface area contributed by atoms with Gasteiger partial charge in [0.1, 0.15) is 17.4 Å². The lowest BCUT2D eigenvalue weighted by molar-refractivity contribution is -0.153. The highest BCUT2D eigenvalue weighted by molar-refractivity contribution is 6.42. The summed E-state index contributed by atoms with van der Waals surface area (Å²) in [6.45, 7) is 3.55. The Morgan fingerprint density at radius 2 is 1.61 bits per heavy atom. The van der Waals surface area contributed by atoms with Gasteiger partial charge in [-0.3, -0.25) is 4.79 Å². The largest absolute Gasteiger partial charge is 0.484 e. The molecule has 0 aliphatic carbocycles. The molecule has 0 saturated heterocycles. The zero-order chi connectivity index (χ0) is 23.4. The lowest BCUT2D eigenvalue weighted by Gasteiger charge is -2.23. The van der Waals surface area contributed by atoms with Crippen molar-refractivity contribution in [3.63, 3.8) is 0 Å². The molecule has 0 fully saturated rings. The summed E-state index contributed by atoms with van der Waals surface area (Å²) in [5, 5.41) is 2.95. The monoisotopic (exact) mass is 477 g/mol. The second-order valence-electron chi connectivity index (χ2n) is 7.55. The highest BCUT2D eigenvalue weighted by Gasteiger charge is 2.29. The summed E-state index contributed by atoms with van der Waals surface area (Å²) < 4.78 is 46.7. The summed E-state index contributed by atoms with van der Waals surface area (Å²) in [5.41, 5.74) is -0.318. The molecule has 1 amide bonds. The van der Waals surface area contributed by atoms with Gasteiger partial charge in [0.05, 0.1) is 10.0 Å². The van der Waals surface area contributed by atoms with E-state index in [-0.39, 0.29) is 21.4 Å². The number of ether oxygens (including phenoxy) is 2. The molecule has 0 saturated carbocycles. The van der Waals surface area contributed by atoms with Crippen LogP contribution in [0.4, 0.5) is 18.0 Å². The Balaban J connectivity index is 2.28. The molecule has 2 aromatic rings. The van der Waals surface area contributed by atoms with Gasteiger partial charge in [-0.15, -0.1) is 0 Å². The quantitative estimate of drug-likeness (QED) is 0.490. The number of carbonyl (C=O) groups is 2. The minimum Gasteiger partial charge on any atom is -0.484 e. The molecule has 31 heavy (non-hydrogen) atoms. The molecule has 10 heteroatoms. The van der Waals surface area contributed by atoms with Gasteiger partial charge in [0.15, 0.2) is 12.4 Å². The summed E-state index contributed by atoms with van der Waals surface area (Å²) in [6.07, 6.45) is -5.31. The first kappa shape index (κ1) is 24.8. The fourth-order valence-corrected chi connectivity index (χ4v) is 2.77. The standard InChI is InChI=1S/C21H20Cl2F3NO4/c1-20(2,3)31-19(29)27-17(13-6-9-15(22)16(23)10-13)18(28)12-4-7-14(8-5-12)30-11-21(24,25)26/h4-10,17H,11H2,1-3H3,(H,27,29). The van der Waals surface area contributed by atoms with Crippen LogP contribution < -0.4 is 10.1 Å². The molecule has 5 nitrogen and oxygen atoms in total. The third-order valence-corrected chi connectivity index (χ3v) is 4.48. The number of alkyl carbamates (subject to hydrolysis) is 1. The molecular formula is C21H20Cl2F3NO4. The molecule has 1 unspecified atom stereocenters. The van der Waals surface area contributed by atoms with Crippen molar-refractivity contribution < 1.29 is 32.2 Å². The Kier molecular flexibility index (Phi) is 7.83. The van der Waals surface area contributed by atoms with Crippen LogP contribution in [0.25, 0.3) is 0 Å². The molecule has 1 N–H and O–H groups in total. The van der Waals surface area contributed by atoms with E-state index in [1.54, 1.807) is 20.8 Å². The summed E-state index contributed by atoms with van der Waals surface area (Å²) in [5.74, 6) is -0.591. The molecule has 0 radical (unpaired) electrons. The number of hydrogen-bond donors (Lipinski definition) is 1. The Labute approximate surface area is 187 Å². The second kappa shape index (κ2) is 9.78. The van der Waals surface area contributed by atoms with Crippen molar-refractivity contribution >= 4 is 35.1 Å². The van der Waals surface area contributed by atoms with Crippen molar-refractivity contribution in [2.75, 3.05) is 6.61 Å². The Morgan fingerprint density at radius 1 is 1.00 bits per heavy atom. The van der Waals surface area contributed by atoms with Gasteiger partial charge in [-0.2, -0.15) is 13.2 Å². The highest BCUT2D eigenvalue weighted by atomic mass is 35.5. The highest BCUT2D eigenvalue weighted by Crippen LogP contribution is 2.28. The lowest BCUT2D eigenvalue weighted by Crippen LogP contribution is -2.38. The molecule has 0 aliphatic rings. The van der Waals surface area contributed by atoms with Crippen molar-refractivity contribution in [2.45, 2.75) is 38.6 Å². The molecule has 0 aromatic heterocycles. The number of hydrogen-bond acceptors (Lipinski definition) is 4. The van der Waals surface area contributed by atoms with Gasteiger partial charge in [0.2, 0.25) is 0 Å². The first-order valence-electron chi connectivity index (χ1n) is 9.03.